The lowest BCUT2D eigenvalue weighted by atomic mass is 9.97. The maximum Gasteiger partial charge on any atom is 0.242 e. The van der Waals surface area contributed by atoms with Crippen molar-refractivity contribution in [3.05, 3.63) is 65.0 Å². The number of aromatic nitrogens is 1. The maximum absolute atomic E-state index is 12.5. The van der Waals surface area contributed by atoms with Crippen LogP contribution in [0.25, 0.3) is 0 Å². The number of piperazine rings is 1. The van der Waals surface area contributed by atoms with Gasteiger partial charge in [0.2, 0.25) is 5.91 Å². The summed E-state index contributed by atoms with van der Waals surface area (Å²) in [5, 5.41) is 2.99. The summed E-state index contributed by atoms with van der Waals surface area (Å²) in [6.45, 7) is 6.36. The minimum atomic E-state index is -0.227. The molecule has 22 heavy (non-hydrogen) atoms. The molecule has 2 aromatic rings. The molecule has 1 aliphatic rings. The van der Waals surface area contributed by atoms with Gasteiger partial charge >= 0.3 is 0 Å². The fourth-order valence-corrected chi connectivity index (χ4v) is 3.02. The molecule has 2 heterocycles. The third-order valence-corrected chi connectivity index (χ3v) is 4.28. The third-order valence-electron chi connectivity index (χ3n) is 4.28. The molecule has 0 radical (unpaired) electrons. The highest BCUT2D eigenvalue weighted by molar-refractivity contribution is 5.84. The lowest BCUT2D eigenvalue weighted by Crippen LogP contribution is -2.49. The van der Waals surface area contributed by atoms with Crippen molar-refractivity contribution in [1.29, 1.82) is 0 Å². The van der Waals surface area contributed by atoms with Crippen molar-refractivity contribution in [1.82, 2.24) is 15.2 Å². The molecule has 1 aromatic heterocycles. The van der Waals surface area contributed by atoms with Crippen LogP contribution in [-0.4, -0.2) is 28.9 Å². The Morgan fingerprint density at radius 1 is 1.23 bits per heavy atom. The van der Waals surface area contributed by atoms with Crippen LogP contribution in [0.3, 0.4) is 0 Å². The first-order chi connectivity index (χ1) is 10.7. The molecule has 4 heteroatoms. The molecule has 1 N–H and O–H groups in total. The zero-order valence-electron chi connectivity index (χ0n) is 13.0. The van der Waals surface area contributed by atoms with Gasteiger partial charge in [0.05, 0.1) is 0 Å². The Hall–Kier alpha value is -2.20. The van der Waals surface area contributed by atoms with E-state index in [0.29, 0.717) is 6.54 Å². The monoisotopic (exact) mass is 295 g/mol. The molecule has 1 aliphatic heterocycles. The predicted molar refractivity (Wildman–Crippen MR) is 86.3 cm³/mol. The number of pyridine rings is 1. The minimum Gasteiger partial charge on any atom is -0.353 e. The Bertz CT molecular complexity index is 684. The van der Waals surface area contributed by atoms with Crippen molar-refractivity contribution < 1.29 is 4.79 Å². The molecule has 0 bridgehead atoms. The van der Waals surface area contributed by atoms with Gasteiger partial charge < -0.3 is 5.32 Å². The molecule has 1 amide bonds. The quantitative estimate of drug-likeness (QED) is 0.945. The average Bonchev–Trinajstić information content (AvgIpc) is 2.51. The van der Waals surface area contributed by atoms with Crippen molar-refractivity contribution in [2.75, 3.05) is 13.1 Å². The summed E-state index contributed by atoms with van der Waals surface area (Å²) in [6, 6.07) is 11.9. The molecule has 1 saturated heterocycles. The van der Waals surface area contributed by atoms with Gasteiger partial charge in [-0.3, -0.25) is 14.7 Å². The Morgan fingerprint density at radius 3 is 2.82 bits per heavy atom. The van der Waals surface area contributed by atoms with Gasteiger partial charge in [-0.15, -0.1) is 0 Å². The van der Waals surface area contributed by atoms with E-state index in [0.717, 1.165) is 29.9 Å². The Balaban J connectivity index is 1.93. The Kier molecular flexibility index (Phi) is 4.20. The van der Waals surface area contributed by atoms with E-state index in [1.54, 1.807) is 6.20 Å². The van der Waals surface area contributed by atoms with Crippen molar-refractivity contribution in [3.8, 4) is 0 Å². The second-order valence-electron chi connectivity index (χ2n) is 5.77. The number of rotatable bonds is 3. The highest BCUT2D eigenvalue weighted by atomic mass is 16.2. The van der Waals surface area contributed by atoms with Crippen LogP contribution in [0.15, 0.2) is 42.6 Å². The fourth-order valence-electron chi connectivity index (χ4n) is 3.02. The SMILES string of the molecule is Cc1ccccc1[C@@H]1C(=O)NCCN1Cc1cccnc1C. The van der Waals surface area contributed by atoms with Crippen LogP contribution in [0.5, 0.6) is 0 Å². The Morgan fingerprint density at radius 2 is 2.05 bits per heavy atom. The summed E-state index contributed by atoms with van der Waals surface area (Å²) in [7, 11) is 0. The normalized spacial score (nSPS) is 19.0. The summed E-state index contributed by atoms with van der Waals surface area (Å²) in [6.07, 6.45) is 1.81. The summed E-state index contributed by atoms with van der Waals surface area (Å²) >= 11 is 0. The molecule has 0 saturated carbocycles. The van der Waals surface area contributed by atoms with Gasteiger partial charge in [-0.2, -0.15) is 0 Å². The second kappa shape index (κ2) is 6.28. The predicted octanol–water partition coefficient (Wildman–Crippen LogP) is 2.37. The molecule has 0 unspecified atom stereocenters. The van der Waals surface area contributed by atoms with Gasteiger partial charge in [-0.05, 0) is 36.6 Å². The van der Waals surface area contributed by atoms with E-state index in [-0.39, 0.29) is 11.9 Å². The Labute approximate surface area is 131 Å². The zero-order valence-corrected chi connectivity index (χ0v) is 13.0. The van der Waals surface area contributed by atoms with Crippen LogP contribution >= 0.6 is 0 Å². The molecular formula is C18H21N3O. The molecule has 3 rings (SSSR count). The molecule has 0 aliphatic carbocycles. The van der Waals surface area contributed by atoms with Crippen molar-refractivity contribution in [3.63, 3.8) is 0 Å². The van der Waals surface area contributed by atoms with E-state index < -0.39 is 0 Å². The van der Waals surface area contributed by atoms with Crippen LogP contribution in [0.2, 0.25) is 0 Å². The average molecular weight is 295 g/mol. The smallest absolute Gasteiger partial charge is 0.242 e. The molecule has 1 fully saturated rings. The highest BCUT2D eigenvalue weighted by Crippen LogP contribution is 2.27. The van der Waals surface area contributed by atoms with Gasteiger partial charge in [-0.25, -0.2) is 0 Å². The van der Waals surface area contributed by atoms with Crippen LogP contribution < -0.4 is 5.32 Å². The van der Waals surface area contributed by atoms with E-state index in [9.17, 15) is 4.79 Å². The van der Waals surface area contributed by atoms with E-state index in [1.165, 1.54) is 5.56 Å². The number of hydrogen-bond acceptors (Lipinski definition) is 3. The molecule has 0 spiro atoms. The van der Waals surface area contributed by atoms with E-state index in [1.807, 2.05) is 31.2 Å². The summed E-state index contributed by atoms with van der Waals surface area (Å²) < 4.78 is 0. The lowest BCUT2D eigenvalue weighted by Gasteiger charge is -2.36. The van der Waals surface area contributed by atoms with Gasteiger partial charge in [0.15, 0.2) is 0 Å². The maximum atomic E-state index is 12.5. The van der Waals surface area contributed by atoms with Crippen molar-refractivity contribution >= 4 is 5.91 Å². The third kappa shape index (κ3) is 2.88. The van der Waals surface area contributed by atoms with E-state index in [4.69, 9.17) is 0 Å². The number of nitrogens with zero attached hydrogens (tertiary/aromatic N) is 2. The first-order valence-electron chi connectivity index (χ1n) is 7.64. The van der Waals surface area contributed by atoms with Crippen LogP contribution in [0.1, 0.15) is 28.4 Å². The first kappa shape index (κ1) is 14.7. The van der Waals surface area contributed by atoms with Crippen LogP contribution in [-0.2, 0) is 11.3 Å². The number of hydrogen-bond donors (Lipinski definition) is 1. The zero-order chi connectivity index (χ0) is 15.5. The van der Waals surface area contributed by atoms with Gasteiger partial charge in [-0.1, -0.05) is 30.3 Å². The standard InChI is InChI=1S/C18H21N3O/c1-13-6-3-4-8-16(13)17-18(22)20-10-11-21(17)12-15-7-5-9-19-14(15)2/h3-9,17H,10-12H2,1-2H3,(H,20,22)/t17-/m1/s1. The molecule has 114 valence electrons. The number of carbonyl (C=O) groups is 1. The number of aryl methyl sites for hydroxylation is 2. The molecule has 1 aromatic carbocycles. The van der Waals surface area contributed by atoms with Gasteiger partial charge in [0, 0.05) is 31.5 Å². The van der Waals surface area contributed by atoms with Gasteiger partial charge in [0.25, 0.3) is 0 Å². The van der Waals surface area contributed by atoms with E-state index >= 15 is 0 Å². The number of amides is 1. The number of carbonyl (C=O) groups excluding carboxylic acids is 1. The minimum absolute atomic E-state index is 0.0853. The molecule has 4 nitrogen and oxygen atoms in total. The summed E-state index contributed by atoms with van der Waals surface area (Å²) in [5.74, 6) is 0.0853. The second-order valence-corrected chi connectivity index (χ2v) is 5.77. The first-order valence-corrected chi connectivity index (χ1v) is 7.64. The van der Waals surface area contributed by atoms with Crippen LogP contribution in [0, 0.1) is 13.8 Å². The summed E-state index contributed by atoms with van der Waals surface area (Å²) in [4.78, 5) is 19.1. The molecular weight excluding hydrogens is 274 g/mol. The fraction of sp³-hybridized carbons (Fsp3) is 0.333. The van der Waals surface area contributed by atoms with E-state index in [2.05, 4.69) is 34.3 Å². The number of benzene rings is 1. The number of nitrogens with one attached hydrogen (secondary N) is 1. The summed E-state index contributed by atoms with van der Waals surface area (Å²) in [5.41, 5.74) is 4.44. The highest BCUT2D eigenvalue weighted by Gasteiger charge is 2.32. The van der Waals surface area contributed by atoms with Crippen LogP contribution in [0.4, 0.5) is 0 Å². The van der Waals surface area contributed by atoms with Crippen molar-refractivity contribution in [2.45, 2.75) is 26.4 Å². The van der Waals surface area contributed by atoms with Gasteiger partial charge in [0.1, 0.15) is 6.04 Å². The lowest BCUT2D eigenvalue weighted by molar-refractivity contribution is -0.129. The molecule has 1 atom stereocenters. The van der Waals surface area contributed by atoms with Crippen molar-refractivity contribution in [2.24, 2.45) is 0 Å². The topological polar surface area (TPSA) is 45.2 Å². The largest absolute Gasteiger partial charge is 0.353 e.